The van der Waals surface area contributed by atoms with Crippen LogP contribution in [0, 0.1) is 18.8 Å². The monoisotopic (exact) mass is 1230 g/mol. The molecule has 2 aliphatic heterocycles. The van der Waals surface area contributed by atoms with Gasteiger partial charge in [-0.3, -0.25) is 37.9 Å². The van der Waals surface area contributed by atoms with Crippen LogP contribution in [-0.4, -0.2) is 161 Å². The molecule has 0 spiro atoms. The van der Waals surface area contributed by atoms with Gasteiger partial charge in [-0.2, -0.15) is 4.98 Å². The van der Waals surface area contributed by atoms with E-state index < -0.39 is 11.2 Å². The zero-order valence-corrected chi connectivity index (χ0v) is 51.0. The van der Waals surface area contributed by atoms with E-state index in [1.165, 1.54) is 10.8 Å². The molecule has 1 N–H and O–H groups in total. The van der Waals surface area contributed by atoms with E-state index in [9.17, 15) is 24.0 Å². The number of carbonyl (C=O) groups is 3. The molecular weight excluding hydrogens is 1160 g/mol. The van der Waals surface area contributed by atoms with Gasteiger partial charge in [-0.15, -0.1) is 5.92 Å². The summed E-state index contributed by atoms with van der Waals surface area (Å²) in [7, 11) is 3.32. The first-order chi connectivity index (χ1) is 42.3. The Morgan fingerprint density at radius 3 is 2.28 bits per heavy atom. The van der Waals surface area contributed by atoms with Gasteiger partial charge in [0.05, 0.1) is 87.9 Å². The SMILES string of the molecule is CC#CCn1c(N2CCC[C@@H](NC(=O)CCOCCOCCOCCOCCN(C)C(=O)CCc3cc(Cl)c(Oc4ccncc4C(=O)N4CCN(C5CC5)c5ccccc54)cc3Cl)C2)nc2c1c(=O)n(Cc1nc(C)c3ccccc3n1)c(=O)n2C. The van der Waals surface area contributed by atoms with Crippen LogP contribution < -0.4 is 36.0 Å². The summed E-state index contributed by atoms with van der Waals surface area (Å²) >= 11 is 13.5. The molecule has 1 saturated heterocycles. The van der Waals surface area contributed by atoms with Gasteiger partial charge in [0.2, 0.25) is 17.8 Å². The molecule has 4 aromatic heterocycles. The van der Waals surface area contributed by atoms with Crippen LogP contribution in [0.3, 0.4) is 0 Å². The Hall–Kier alpha value is -7.91. The molecule has 7 aromatic rings. The second-order valence-electron chi connectivity index (χ2n) is 21.7. The van der Waals surface area contributed by atoms with Crippen molar-refractivity contribution in [2.75, 3.05) is 107 Å². The van der Waals surface area contributed by atoms with Gasteiger partial charge in [-0.25, -0.2) is 14.8 Å². The number of amides is 3. The van der Waals surface area contributed by atoms with Gasteiger partial charge >= 0.3 is 5.69 Å². The summed E-state index contributed by atoms with van der Waals surface area (Å²) in [5, 5.41) is 4.70. The van der Waals surface area contributed by atoms with Gasteiger partial charge < -0.3 is 48.6 Å². The highest BCUT2D eigenvalue weighted by molar-refractivity contribution is 6.34. The molecule has 1 saturated carbocycles. The van der Waals surface area contributed by atoms with E-state index in [-0.39, 0.29) is 78.2 Å². The zero-order chi connectivity index (χ0) is 61.0. The van der Waals surface area contributed by atoms with Crippen molar-refractivity contribution in [2.45, 2.75) is 84.0 Å². The van der Waals surface area contributed by atoms with E-state index in [0.29, 0.717) is 119 Å². The summed E-state index contributed by atoms with van der Waals surface area (Å²) < 4.78 is 33.2. The van der Waals surface area contributed by atoms with E-state index in [1.54, 1.807) is 59.8 Å². The molecule has 10 rings (SSSR count). The predicted molar refractivity (Wildman–Crippen MR) is 333 cm³/mol. The topological polar surface area (TPSA) is 223 Å². The number of imidazole rings is 1. The first-order valence-corrected chi connectivity index (χ1v) is 30.2. The summed E-state index contributed by atoms with van der Waals surface area (Å²) in [6.45, 7) is 9.03. The second kappa shape index (κ2) is 29.2. The van der Waals surface area contributed by atoms with Crippen molar-refractivity contribution < 1.29 is 38.1 Å². The number of anilines is 3. The van der Waals surface area contributed by atoms with Gasteiger partial charge in [-0.1, -0.05) is 59.5 Å². The highest BCUT2D eigenvalue weighted by atomic mass is 35.5. The number of aryl methyl sites for hydroxylation is 3. The van der Waals surface area contributed by atoms with Crippen LogP contribution in [0.15, 0.2) is 88.7 Å². The number of halogens is 2. The van der Waals surface area contributed by atoms with Crippen molar-refractivity contribution in [3.63, 3.8) is 0 Å². The molecule has 3 aliphatic rings. The van der Waals surface area contributed by atoms with E-state index in [2.05, 4.69) is 43.1 Å². The number of nitrogens with one attached hydrogen (secondary N) is 1. The third-order valence-corrected chi connectivity index (χ3v) is 16.3. The van der Waals surface area contributed by atoms with Gasteiger partial charge in [0.25, 0.3) is 11.5 Å². The molecule has 2 fully saturated rings. The fourth-order valence-electron chi connectivity index (χ4n) is 10.9. The highest BCUT2D eigenvalue weighted by Crippen LogP contribution is 2.42. The quantitative estimate of drug-likeness (QED) is 0.0405. The van der Waals surface area contributed by atoms with Crippen LogP contribution in [0.25, 0.3) is 22.1 Å². The van der Waals surface area contributed by atoms with Crippen LogP contribution in [0.1, 0.15) is 72.9 Å². The van der Waals surface area contributed by atoms with Gasteiger partial charge in [0.15, 0.2) is 11.2 Å². The van der Waals surface area contributed by atoms with E-state index >= 15 is 0 Å². The van der Waals surface area contributed by atoms with E-state index in [4.69, 9.17) is 51.9 Å². The Bertz CT molecular complexity index is 3820. The molecule has 1 atom stereocenters. The molecule has 0 bridgehead atoms. The largest absolute Gasteiger partial charge is 0.455 e. The zero-order valence-electron chi connectivity index (χ0n) is 49.5. The smallest absolute Gasteiger partial charge is 0.332 e. The molecule has 0 radical (unpaired) electrons. The van der Waals surface area contributed by atoms with Crippen molar-refractivity contribution in [2.24, 2.45) is 7.05 Å². The Morgan fingerprint density at radius 1 is 0.793 bits per heavy atom. The Kier molecular flexibility index (Phi) is 20.9. The highest BCUT2D eigenvalue weighted by Gasteiger charge is 2.36. The average Bonchev–Trinajstić information content (AvgIpc) is 2.21. The number of para-hydroxylation sites is 3. The number of ether oxygens (including phenoxy) is 5. The molecule has 3 aromatic carbocycles. The molecule has 6 heterocycles. The van der Waals surface area contributed by atoms with E-state index in [1.807, 2.05) is 54.3 Å². The summed E-state index contributed by atoms with van der Waals surface area (Å²) in [6, 6.07) is 20.8. The molecular formula is C63H72Cl2N12O10. The summed E-state index contributed by atoms with van der Waals surface area (Å²) in [5.41, 5.74) is 3.82. The maximum absolute atomic E-state index is 14.2. The molecule has 0 unspecified atom stereocenters. The lowest BCUT2D eigenvalue weighted by atomic mass is 10.1. The molecule has 3 amide bonds. The van der Waals surface area contributed by atoms with Crippen LogP contribution in [0.2, 0.25) is 10.0 Å². The minimum Gasteiger partial charge on any atom is -0.455 e. The number of likely N-dealkylation sites (N-methyl/N-ethyl adjacent to an activating group) is 1. The lowest BCUT2D eigenvalue weighted by Crippen LogP contribution is -2.48. The number of carbonyl (C=O) groups excluding carboxylic acids is 3. The maximum atomic E-state index is 14.2. The average molecular weight is 1230 g/mol. The van der Waals surface area contributed by atoms with E-state index in [0.717, 1.165) is 64.8 Å². The first kappa shape index (κ1) is 62.2. The third-order valence-electron chi connectivity index (χ3n) is 15.6. The van der Waals surface area contributed by atoms with Crippen LogP contribution >= 0.6 is 23.2 Å². The summed E-state index contributed by atoms with van der Waals surface area (Å²) in [6.07, 6.45) is 7.63. The Labute approximate surface area is 514 Å². The number of piperidine rings is 1. The van der Waals surface area contributed by atoms with Crippen molar-refractivity contribution >= 4 is 80.3 Å². The fraction of sp³-hybridized carbons (Fsp3) is 0.444. The lowest BCUT2D eigenvalue weighted by molar-refractivity contribution is -0.130. The standard InChI is InChI=1S/C63H72Cl2N12O10/c1-5-6-25-76-58-59(72(4)63(82)77(61(58)81)41-55-67-42(2)46-13-7-8-14-50(46)69-55)70-62(76)73-24-11-12-44(40-73)68-56(78)22-29-83-31-33-85-35-36-86-34-32-84-30-28-71(3)57(79)20-17-43-37-49(65)54(38-48(43)64)87-53-21-23-66-39-47(53)60(80)75-27-26-74(45-18-19-45)51-15-9-10-16-52(51)75/h7-10,13-16,21,23,37-39,44-45H,11-12,17-20,22,24-36,40-41H2,1-4H3,(H,68,78)/t44-/m1/s1. The maximum Gasteiger partial charge on any atom is 0.332 e. The van der Waals surface area contributed by atoms with Gasteiger partial charge in [0.1, 0.15) is 22.9 Å². The number of pyridine rings is 1. The second-order valence-corrected chi connectivity index (χ2v) is 22.5. The Morgan fingerprint density at radius 2 is 1.52 bits per heavy atom. The number of benzene rings is 3. The van der Waals surface area contributed by atoms with Crippen molar-refractivity contribution in [3.05, 3.63) is 133 Å². The number of nitrogens with zero attached hydrogens (tertiary/aromatic N) is 11. The number of aromatic nitrogens is 7. The molecule has 1 aliphatic carbocycles. The van der Waals surface area contributed by atoms with Crippen LogP contribution in [0.5, 0.6) is 11.5 Å². The fourth-order valence-corrected chi connectivity index (χ4v) is 11.4. The predicted octanol–water partition coefficient (Wildman–Crippen LogP) is 6.98. The molecule has 24 heteroatoms. The normalized spacial score (nSPS) is 14.9. The van der Waals surface area contributed by atoms with Crippen LogP contribution in [0.4, 0.5) is 17.3 Å². The lowest BCUT2D eigenvalue weighted by Gasteiger charge is -2.38. The summed E-state index contributed by atoms with van der Waals surface area (Å²) in [4.78, 5) is 94.3. The van der Waals surface area contributed by atoms with Gasteiger partial charge in [-0.05, 0) is 81.8 Å². The minimum atomic E-state index is -0.535. The van der Waals surface area contributed by atoms with Gasteiger partial charge in [0, 0.05) is 106 Å². The number of fused-ring (bicyclic) bond motifs is 3. The number of hydrogen-bond acceptors (Lipinski definition) is 16. The van der Waals surface area contributed by atoms with Crippen molar-refractivity contribution in [1.29, 1.82) is 0 Å². The molecule has 87 heavy (non-hydrogen) atoms. The minimum absolute atomic E-state index is 0.0833. The summed E-state index contributed by atoms with van der Waals surface area (Å²) in [5.74, 6) is 6.96. The van der Waals surface area contributed by atoms with Crippen LogP contribution in [-0.2, 0) is 55.1 Å². The molecule has 22 nitrogen and oxygen atoms in total. The number of hydrogen-bond donors (Lipinski definition) is 1. The van der Waals surface area contributed by atoms with Crippen molar-refractivity contribution in [1.82, 2.24) is 43.9 Å². The molecule has 458 valence electrons. The Balaban J connectivity index is 0.581. The first-order valence-electron chi connectivity index (χ1n) is 29.5. The number of rotatable bonds is 27. The third kappa shape index (κ3) is 15.1. The van der Waals surface area contributed by atoms with Crippen molar-refractivity contribution in [3.8, 4) is 23.3 Å².